The Hall–Kier alpha value is -3.09. The van der Waals surface area contributed by atoms with Crippen molar-refractivity contribution in [3.05, 3.63) is 76.9 Å². The summed E-state index contributed by atoms with van der Waals surface area (Å²) in [6.45, 7) is 0. The van der Waals surface area contributed by atoms with E-state index in [2.05, 4.69) is 10.4 Å². The highest BCUT2D eigenvalue weighted by Gasteiger charge is 2.27. The molecule has 1 aliphatic carbocycles. The van der Waals surface area contributed by atoms with Crippen molar-refractivity contribution in [2.24, 2.45) is 0 Å². The average Bonchev–Trinajstić information content (AvgIpc) is 3.22. The first-order chi connectivity index (χ1) is 12.5. The summed E-state index contributed by atoms with van der Waals surface area (Å²) in [4.78, 5) is 12.6. The molecule has 3 aromatic rings. The molecule has 2 aromatic carbocycles. The molecule has 1 heterocycles. The van der Waals surface area contributed by atoms with Crippen molar-refractivity contribution in [2.75, 3.05) is 5.32 Å². The number of nitrogens with one attached hydrogen (secondary N) is 1. The van der Waals surface area contributed by atoms with Crippen molar-refractivity contribution >= 4 is 11.6 Å². The summed E-state index contributed by atoms with van der Waals surface area (Å²) in [7, 11) is 0. The van der Waals surface area contributed by atoms with E-state index in [0.29, 0.717) is 24.2 Å². The predicted molar refractivity (Wildman–Crippen MR) is 89.9 cm³/mol. The Balaban J connectivity index is 1.70. The molecule has 0 fully saturated rings. The molecule has 4 nitrogen and oxygen atoms in total. The van der Waals surface area contributed by atoms with Crippen LogP contribution in [0.2, 0.25) is 0 Å². The Bertz CT molecular complexity index is 996. The van der Waals surface area contributed by atoms with Crippen LogP contribution in [0.3, 0.4) is 0 Å². The lowest BCUT2D eigenvalue weighted by molar-refractivity contribution is 0.102. The fourth-order valence-corrected chi connectivity index (χ4v) is 3.17. The summed E-state index contributed by atoms with van der Waals surface area (Å²) in [6.07, 6.45) is 2.24. The molecule has 0 saturated carbocycles. The maximum atomic E-state index is 13.6. The highest BCUT2D eigenvalue weighted by atomic mass is 19.2. The number of benzene rings is 2. The van der Waals surface area contributed by atoms with Gasteiger partial charge in [0.05, 0.1) is 5.69 Å². The first-order valence-electron chi connectivity index (χ1n) is 8.16. The van der Waals surface area contributed by atoms with Crippen LogP contribution in [0.1, 0.15) is 28.2 Å². The molecular formula is C19H14F3N3O. The summed E-state index contributed by atoms with van der Waals surface area (Å²) >= 11 is 0. The molecule has 132 valence electrons. The minimum absolute atomic E-state index is 0.242. The zero-order valence-electron chi connectivity index (χ0n) is 13.6. The van der Waals surface area contributed by atoms with Gasteiger partial charge in [-0.3, -0.25) is 4.79 Å². The summed E-state index contributed by atoms with van der Waals surface area (Å²) in [5.74, 6) is -2.73. The number of nitrogens with zero attached hydrogens (tertiary/aromatic N) is 2. The lowest BCUT2D eigenvalue weighted by Crippen LogP contribution is -2.15. The SMILES string of the molecule is O=C(Nc1ccc(F)cc1)c1nn(-c2ccc(F)c(F)c2)c2c1CCC2. The van der Waals surface area contributed by atoms with E-state index in [1.807, 2.05) is 0 Å². The fraction of sp³-hybridized carbons (Fsp3) is 0.158. The van der Waals surface area contributed by atoms with Crippen LogP contribution in [0.25, 0.3) is 5.69 Å². The Kier molecular flexibility index (Phi) is 3.99. The van der Waals surface area contributed by atoms with Crippen LogP contribution in [0, 0.1) is 17.5 Å². The van der Waals surface area contributed by atoms with Crippen LogP contribution < -0.4 is 5.32 Å². The van der Waals surface area contributed by atoms with Crippen molar-refractivity contribution in [2.45, 2.75) is 19.3 Å². The van der Waals surface area contributed by atoms with E-state index in [-0.39, 0.29) is 5.69 Å². The van der Waals surface area contributed by atoms with Gasteiger partial charge in [0.1, 0.15) is 5.82 Å². The van der Waals surface area contributed by atoms with E-state index in [9.17, 15) is 18.0 Å². The number of halogens is 3. The molecular weight excluding hydrogens is 343 g/mol. The molecule has 0 aliphatic heterocycles. The van der Waals surface area contributed by atoms with E-state index >= 15 is 0 Å². The summed E-state index contributed by atoms with van der Waals surface area (Å²) < 4.78 is 41.3. The Morgan fingerprint density at radius 2 is 1.77 bits per heavy atom. The van der Waals surface area contributed by atoms with Crippen LogP contribution in [-0.2, 0) is 12.8 Å². The normalized spacial score (nSPS) is 12.9. The number of amides is 1. The van der Waals surface area contributed by atoms with Crippen LogP contribution >= 0.6 is 0 Å². The largest absolute Gasteiger partial charge is 0.321 e. The Labute approximate surface area is 147 Å². The standard InChI is InChI=1S/C19H14F3N3O/c20-11-4-6-12(7-5-11)23-19(26)18-14-2-1-3-17(14)25(24-18)13-8-9-15(21)16(22)10-13/h4-10H,1-3H2,(H,23,26). The smallest absolute Gasteiger partial charge is 0.276 e. The molecule has 1 aliphatic rings. The summed E-state index contributed by atoms with van der Waals surface area (Å²) in [5.41, 5.74) is 2.68. The maximum Gasteiger partial charge on any atom is 0.276 e. The second-order valence-corrected chi connectivity index (χ2v) is 6.10. The van der Waals surface area contributed by atoms with Gasteiger partial charge in [0.15, 0.2) is 17.3 Å². The third kappa shape index (κ3) is 2.85. The lowest BCUT2D eigenvalue weighted by atomic mass is 10.2. The predicted octanol–water partition coefficient (Wildman–Crippen LogP) is 4.03. The van der Waals surface area contributed by atoms with Crippen molar-refractivity contribution < 1.29 is 18.0 Å². The quantitative estimate of drug-likeness (QED) is 0.769. The van der Waals surface area contributed by atoms with E-state index in [0.717, 1.165) is 29.8 Å². The van der Waals surface area contributed by atoms with E-state index in [4.69, 9.17) is 0 Å². The summed E-state index contributed by atoms with van der Waals surface area (Å²) in [5, 5.41) is 7.01. The summed E-state index contributed by atoms with van der Waals surface area (Å²) in [6, 6.07) is 8.93. The maximum absolute atomic E-state index is 13.6. The monoisotopic (exact) mass is 357 g/mol. The minimum Gasteiger partial charge on any atom is -0.321 e. The van der Waals surface area contributed by atoms with Crippen molar-refractivity contribution in [1.29, 1.82) is 0 Å². The van der Waals surface area contributed by atoms with Crippen molar-refractivity contribution in [1.82, 2.24) is 9.78 Å². The van der Waals surface area contributed by atoms with Gasteiger partial charge in [-0.05, 0) is 55.7 Å². The number of carbonyl (C=O) groups excluding carboxylic acids is 1. The number of anilines is 1. The minimum atomic E-state index is -0.970. The van der Waals surface area contributed by atoms with Crippen molar-refractivity contribution in [3.8, 4) is 5.69 Å². The number of hydrogen-bond donors (Lipinski definition) is 1. The number of aromatic nitrogens is 2. The van der Waals surface area contributed by atoms with Crippen LogP contribution in [0.4, 0.5) is 18.9 Å². The van der Waals surface area contributed by atoms with Gasteiger partial charge in [-0.1, -0.05) is 0 Å². The van der Waals surface area contributed by atoms with Gasteiger partial charge >= 0.3 is 0 Å². The van der Waals surface area contributed by atoms with E-state index in [1.54, 1.807) is 0 Å². The van der Waals surface area contributed by atoms with Crippen LogP contribution in [0.5, 0.6) is 0 Å². The molecule has 4 rings (SSSR count). The molecule has 0 atom stereocenters. The number of hydrogen-bond acceptors (Lipinski definition) is 2. The zero-order valence-corrected chi connectivity index (χ0v) is 13.6. The second kappa shape index (κ2) is 6.33. The van der Waals surface area contributed by atoms with Gasteiger partial charge in [0.2, 0.25) is 0 Å². The molecule has 26 heavy (non-hydrogen) atoms. The van der Waals surface area contributed by atoms with Gasteiger partial charge < -0.3 is 5.32 Å². The van der Waals surface area contributed by atoms with E-state index in [1.165, 1.54) is 35.0 Å². The van der Waals surface area contributed by atoms with Gasteiger partial charge in [-0.2, -0.15) is 5.10 Å². The fourth-order valence-electron chi connectivity index (χ4n) is 3.17. The first kappa shape index (κ1) is 16.4. The van der Waals surface area contributed by atoms with Crippen LogP contribution in [0.15, 0.2) is 42.5 Å². The second-order valence-electron chi connectivity index (χ2n) is 6.10. The third-order valence-electron chi connectivity index (χ3n) is 4.40. The molecule has 1 aromatic heterocycles. The first-order valence-corrected chi connectivity index (χ1v) is 8.16. The highest BCUT2D eigenvalue weighted by molar-refractivity contribution is 6.04. The molecule has 0 saturated heterocycles. The van der Waals surface area contributed by atoms with Crippen LogP contribution in [-0.4, -0.2) is 15.7 Å². The molecule has 0 spiro atoms. The Morgan fingerprint density at radius 1 is 1.00 bits per heavy atom. The van der Waals surface area contributed by atoms with Gasteiger partial charge in [-0.15, -0.1) is 0 Å². The third-order valence-corrected chi connectivity index (χ3v) is 4.40. The molecule has 7 heteroatoms. The molecule has 0 unspecified atom stereocenters. The topological polar surface area (TPSA) is 46.9 Å². The Morgan fingerprint density at radius 3 is 2.50 bits per heavy atom. The zero-order chi connectivity index (χ0) is 18.3. The number of carbonyl (C=O) groups is 1. The molecule has 1 N–H and O–H groups in total. The van der Waals surface area contributed by atoms with E-state index < -0.39 is 23.4 Å². The van der Waals surface area contributed by atoms with Gasteiger partial charge in [-0.25, -0.2) is 17.9 Å². The number of fused-ring (bicyclic) bond motifs is 1. The molecule has 1 amide bonds. The number of rotatable bonds is 3. The van der Waals surface area contributed by atoms with Gasteiger partial charge in [0, 0.05) is 23.0 Å². The molecule has 0 radical (unpaired) electrons. The molecule has 0 bridgehead atoms. The lowest BCUT2D eigenvalue weighted by Gasteiger charge is -2.06. The van der Waals surface area contributed by atoms with Crippen molar-refractivity contribution in [3.63, 3.8) is 0 Å². The van der Waals surface area contributed by atoms with Gasteiger partial charge in [0.25, 0.3) is 5.91 Å². The highest BCUT2D eigenvalue weighted by Crippen LogP contribution is 2.28. The average molecular weight is 357 g/mol.